The van der Waals surface area contributed by atoms with E-state index in [0.29, 0.717) is 11.8 Å². The van der Waals surface area contributed by atoms with E-state index in [1.165, 1.54) is 24.3 Å². The molecule has 1 aliphatic rings. The summed E-state index contributed by atoms with van der Waals surface area (Å²) in [4.78, 5) is 61.8. The summed E-state index contributed by atoms with van der Waals surface area (Å²) >= 11 is 0.698. The zero-order valence-electron chi connectivity index (χ0n) is 15.4. The number of hydrogen-bond donors (Lipinski definition) is 3. The first-order valence-electron chi connectivity index (χ1n) is 8.79. The molecule has 3 N–H and O–H groups in total. The van der Waals surface area contributed by atoms with Crippen LogP contribution >= 0.6 is 11.8 Å². The van der Waals surface area contributed by atoms with Crippen LogP contribution in [0.2, 0.25) is 0 Å². The van der Waals surface area contributed by atoms with Crippen LogP contribution in [0.1, 0.15) is 17.7 Å². The largest absolute Gasteiger partial charge is 0.354 e. The minimum absolute atomic E-state index is 0.00486. The lowest BCUT2D eigenvalue weighted by atomic mass is 10.2. The fourth-order valence-electron chi connectivity index (χ4n) is 2.60. The number of imide groups is 1. The predicted molar refractivity (Wildman–Crippen MR) is 106 cm³/mol. The minimum Gasteiger partial charge on any atom is -0.354 e. The number of carbonyl (C=O) groups excluding carboxylic acids is 3. The third-order valence-corrected chi connectivity index (χ3v) is 5.00. The van der Waals surface area contributed by atoms with Gasteiger partial charge in [-0.25, -0.2) is 14.3 Å². The Morgan fingerprint density at radius 2 is 2.00 bits per heavy atom. The number of hydrogen-bond acceptors (Lipinski definition) is 7. The van der Waals surface area contributed by atoms with Crippen LogP contribution in [0.4, 0.5) is 9.18 Å². The molecule has 3 rings (SSSR count). The zero-order valence-corrected chi connectivity index (χ0v) is 16.3. The number of nitrogens with zero attached hydrogens (tertiary/aromatic N) is 2. The second kappa shape index (κ2) is 9.31. The molecule has 156 valence electrons. The summed E-state index contributed by atoms with van der Waals surface area (Å²) in [5, 5.41) is 7.67. The molecule has 1 fully saturated rings. The quantitative estimate of drug-likeness (QED) is 0.535. The van der Waals surface area contributed by atoms with E-state index in [4.69, 9.17) is 0 Å². The third-order valence-electron chi connectivity index (χ3n) is 4.09. The highest BCUT2D eigenvalue weighted by Gasteiger charge is 2.34. The van der Waals surface area contributed by atoms with Crippen molar-refractivity contribution >= 4 is 34.9 Å². The number of halogens is 1. The molecule has 0 spiro atoms. The third kappa shape index (κ3) is 5.08. The van der Waals surface area contributed by atoms with E-state index in [1.807, 2.05) is 4.98 Å². The van der Waals surface area contributed by atoms with Crippen molar-refractivity contribution in [1.82, 2.24) is 25.4 Å². The van der Waals surface area contributed by atoms with Gasteiger partial charge in [0.05, 0.1) is 4.91 Å². The second-order valence-electron chi connectivity index (χ2n) is 6.16. The molecule has 1 saturated heterocycles. The van der Waals surface area contributed by atoms with Crippen LogP contribution in [0.5, 0.6) is 0 Å². The van der Waals surface area contributed by atoms with E-state index < -0.39 is 34.1 Å². The Morgan fingerprint density at radius 3 is 2.73 bits per heavy atom. The summed E-state index contributed by atoms with van der Waals surface area (Å²) in [6.07, 6.45) is 1.25. The van der Waals surface area contributed by atoms with Gasteiger partial charge in [0.15, 0.2) is 0 Å². The molecule has 1 aromatic carbocycles. The van der Waals surface area contributed by atoms with Gasteiger partial charge >= 0.3 is 5.69 Å². The van der Waals surface area contributed by atoms with Gasteiger partial charge in [0.25, 0.3) is 16.7 Å². The van der Waals surface area contributed by atoms with E-state index in [-0.39, 0.29) is 42.1 Å². The number of aromatic nitrogens is 3. The molecule has 2 heterocycles. The molecule has 3 amide bonds. The Kier molecular flexibility index (Phi) is 6.57. The highest BCUT2D eigenvalue weighted by atomic mass is 32.2. The molecule has 10 nitrogen and oxygen atoms in total. The highest BCUT2D eigenvalue weighted by Crippen LogP contribution is 2.32. The van der Waals surface area contributed by atoms with E-state index in [9.17, 15) is 28.4 Å². The molecule has 0 bridgehead atoms. The first-order chi connectivity index (χ1) is 14.3. The number of rotatable bonds is 7. The Morgan fingerprint density at radius 1 is 1.23 bits per heavy atom. The topological polar surface area (TPSA) is 145 Å². The minimum atomic E-state index is -0.741. The molecular formula is C18H16FN5O5S. The van der Waals surface area contributed by atoms with Crippen LogP contribution in [0.15, 0.2) is 38.8 Å². The van der Waals surface area contributed by atoms with E-state index in [1.54, 1.807) is 6.07 Å². The van der Waals surface area contributed by atoms with Gasteiger partial charge in [-0.3, -0.25) is 29.1 Å². The van der Waals surface area contributed by atoms with Crippen molar-refractivity contribution < 1.29 is 18.8 Å². The van der Waals surface area contributed by atoms with Crippen LogP contribution in [0.25, 0.3) is 6.08 Å². The number of benzene rings is 1. The van der Waals surface area contributed by atoms with E-state index in [0.717, 1.165) is 4.90 Å². The lowest BCUT2D eigenvalue weighted by molar-refractivity contribution is -0.124. The molecule has 0 atom stereocenters. The summed E-state index contributed by atoms with van der Waals surface area (Å²) in [6.45, 7) is -0.0399. The van der Waals surface area contributed by atoms with Crippen molar-refractivity contribution in [2.45, 2.75) is 12.8 Å². The lowest BCUT2D eigenvalue weighted by Gasteiger charge is -2.12. The number of H-pyrrole nitrogens is 2. The average Bonchev–Trinajstić information content (AvgIpc) is 2.96. The number of nitrogens with one attached hydrogen (secondary N) is 3. The predicted octanol–water partition coefficient (Wildman–Crippen LogP) is 0.383. The Hall–Kier alpha value is -3.54. The summed E-state index contributed by atoms with van der Waals surface area (Å²) in [5.41, 5.74) is -1.21. The number of amides is 3. The van der Waals surface area contributed by atoms with Gasteiger partial charge in [0.2, 0.25) is 5.91 Å². The van der Waals surface area contributed by atoms with Crippen molar-refractivity contribution in [3.63, 3.8) is 0 Å². The van der Waals surface area contributed by atoms with Gasteiger partial charge < -0.3 is 5.32 Å². The maximum atomic E-state index is 13.7. The number of thioether (sulfide) groups is 1. The second-order valence-corrected chi connectivity index (χ2v) is 7.15. The number of aryl methyl sites for hydroxylation is 1. The summed E-state index contributed by atoms with van der Waals surface area (Å²) < 4.78 is 13.7. The van der Waals surface area contributed by atoms with Gasteiger partial charge in [-0.1, -0.05) is 18.2 Å². The first-order valence-corrected chi connectivity index (χ1v) is 9.61. The van der Waals surface area contributed by atoms with Crippen molar-refractivity contribution in [3.8, 4) is 0 Å². The lowest BCUT2D eigenvalue weighted by Crippen LogP contribution is -2.37. The normalized spacial score (nSPS) is 15.1. The van der Waals surface area contributed by atoms with Gasteiger partial charge in [0.1, 0.15) is 11.5 Å². The molecule has 1 aromatic heterocycles. The van der Waals surface area contributed by atoms with Gasteiger partial charge in [-0.2, -0.15) is 5.10 Å². The fraction of sp³-hybridized carbons (Fsp3) is 0.222. The monoisotopic (exact) mass is 433 g/mol. The van der Waals surface area contributed by atoms with Crippen LogP contribution < -0.4 is 16.6 Å². The SMILES string of the molecule is O=C(CCc1n[nH]c(=O)[nH]c1=O)NCCN1C(=O)S/C(=C/c2ccccc2F)C1=O. The van der Waals surface area contributed by atoms with Crippen LogP contribution in [0.3, 0.4) is 0 Å². The molecule has 30 heavy (non-hydrogen) atoms. The Balaban J connectivity index is 1.51. The van der Waals surface area contributed by atoms with Gasteiger partial charge in [-0.05, 0) is 23.9 Å². The highest BCUT2D eigenvalue weighted by molar-refractivity contribution is 8.18. The Bertz CT molecular complexity index is 1140. The van der Waals surface area contributed by atoms with Gasteiger partial charge in [-0.15, -0.1) is 0 Å². The summed E-state index contributed by atoms with van der Waals surface area (Å²) in [7, 11) is 0. The van der Waals surface area contributed by atoms with Gasteiger partial charge in [0, 0.05) is 31.5 Å². The molecule has 2 aromatic rings. The number of carbonyl (C=O) groups is 3. The van der Waals surface area contributed by atoms with E-state index in [2.05, 4.69) is 15.5 Å². The average molecular weight is 433 g/mol. The first kappa shape index (κ1) is 21.2. The van der Waals surface area contributed by atoms with Crippen molar-refractivity contribution in [1.29, 1.82) is 0 Å². The molecule has 1 aliphatic heterocycles. The van der Waals surface area contributed by atoms with E-state index >= 15 is 0 Å². The molecule has 0 aliphatic carbocycles. The molecule has 12 heteroatoms. The maximum absolute atomic E-state index is 13.7. The maximum Gasteiger partial charge on any atom is 0.342 e. The summed E-state index contributed by atoms with van der Waals surface area (Å²) in [6, 6.07) is 5.88. The van der Waals surface area contributed by atoms with Crippen molar-refractivity contribution in [3.05, 3.63) is 67.1 Å². The molecule has 0 saturated carbocycles. The molecular weight excluding hydrogens is 417 g/mol. The van der Waals surface area contributed by atoms with Crippen LogP contribution in [0, 0.1) is 5.82 Å². The zero-order chi connectivity index (χ0) is 21.7. The van der Waals surface area contributed by atoms with Crippen LogP contribution in [-0.4, -0.2) is 50.2 Å². The Labute approximate surface area is 172 Å². The summed E-state index contributed by atoms with van der Waals surface area (Å²) in [5.74, 6) is -1.49. The standard InChI is InChI=1S/C18H16FN5O5S/c19-11-4-2-1-3-10(11)9-13-16(27)24(18(29)30-13)8-7-20-14(25)6-5-12-15(26)21-17(28)23-22-12/h1-4,9H,5-8H2,(H,20,25)(H2,21,23,26,28)/b13-9+. The fourth-order valence-corrected chi connectivity index (χ4v) is 3.45. The smallest absolute Gasteiger partial charge is 0.342 e. The molecule has 0 unspecified atom stereocenters. The van der Waals surface area contributed by atoms with Crippen molar-refractivity contribution in [2.24, 2.45) is 0 Å². The number of aromatic amines is 2. The van der Waals surface area contributed by atoms with Crippen LogP contribution in [-0.2, 0) is 16.0 Å². The van der Waals surface area contributed by atoms with Crippen molar-refractivity contribution in [2.75, 3.05) is 13.1 Å². The molecule has 0 radical (unpaired) electrons.